The van der Waals surface area contributed by atoms with Gasteiger partial charge >= 0.3 is 0 Å². The molecule has 0 amide bonds. The van der Waals surface area contributed by atoms with Crippen molar-refractivity contribution in [2.45, 2.75) is 63.3 Å². The summed E-state index contributed by atoms with van der Waals surface area (Å²) in [6.45, 7) is 8.50. The summed E-state index contributed by atoms with van der Waals surface area (Å²) >= 11 is 2.09. The van der Waals surface area contributed by atoms with Crippen LogP contribution in [-0.4, -0.2) is 48.1 Å². The van der Waals surface area contributed by atoms with Crippen molar-refractivity contribution in [3.63, 3.8) is 0 Å². The number of hydrogen-bond donors (Lipinski definition) is 1. The maximum Gasteiger partial charge on any atom is 0.0214 e. The van der Waals surface area contributed by atoms with E-state index >= 15 is 0 Å². The van der Waals surface area contributed by atoms with Crippen molar-refractivity contribution in [3.05, 3.63) is 0 Å². The average Bonchev–Trinajstić information content (AvgIpc) is 2.85. The van der Waals surface area contributed by atoms with Crippen LogP contribution in [0.3, 0.4) is 0 Å². The van der Waals surface area contributed by atoms with Crippen LogP contribution in [0.1, 0.15) is 46.0 Å². The molecular weight excluding hydrogens is 240 g/mol. The Bertz CT molecular complexity index is 247. The van der Waals surface area contributed by atoms with E-state index in [-0.39, 0.29) is 0 Å². The lowest BCUT2D eigenvalue weighted by atomic mass is 9.92. The standard InChI is InChI=1S/C15H30N2S/c1-4-9-16-13-8-10-17(11-12(13)2)14-6-5-7-15(14)18-3/h12-16H,4-11H2,1-3H3. The molecule has 0 aromatic carbocycles. The molecule has 3 heteroatoms. The Morgan fingerprint density at radius 1 is 1.28 bits per heavy atom. The van der Waals surface area contributed by atoms with E-state index in [1.807, 2.05) is 0 Å². The number of rotatable bonds is 5. The van der Waals surface area contributed by atoms with Gasteiger partial charge < -0.3 is 5.32 Å². The van der Waals surface area contributed by atoms with Crippen LogP contribution in [0.5, 0.6) is 0 Å². The monoisotopic (exact) mass is 270 g/mol. The number of hydrogen-bond acceptors (Lipinski definition) is 3. The van der Waals surface area contributed by atoms with Gasteiger partial charge in [-0.15, -0.1) is 0 Å². The quantitative estimate of drug-likeness (QED) is 0.827. The molecule has 2 fully saturated rings. The van der Waals surface area contributed by atoms with Crippen LogP contribution in [0.15, 0.2) is 0 Å². The van der Waals surface area contributed by atoms with E-state index in [0.717, 1.165) is 23.3 Å². The Morgan fingerprint density at radius 2 is 2.11 bits per heavy atom. The number of likely N-dealkylation sites (tertiary alicyclic amines) is 1. The minimum atomic E-state index is 0.760. The van der Waals surface area contributed by atoms with E-state index in [0.29, 0.717) is 0 Å². The molecule has 18 heavy (non-hydrogen) atoms. The molecular formula is C15H30N2S. The van der Waals surface area contributed by atoms with Crippen LogP contribution in [0, 0.1) is 5.92 Å². The first kappa shape index (κ1) is 14.7. The highest BCUT2D eigenvalue weighted by Gasteiger charge is 2.35. The molecule has 106 valence electrons. The first-order valence-electron chi connectivity index (χ1n) is 7.76. The van der Waals surface area contributed by atoms with Crippen molar-refractivity contribution in [2.24, 2.45) is 5.92 Å². The highest BCUT2D eigenvalue weighted by atomic mass is 32.2. The Morgan fingerprint density at radius 3 is 2.78 bits per heavy atom. The van der Waals surface area contributed by atoms with Gasteiger partial charge in [-0.05, 0) is 50.9 Å². The van der Waals surface area contributed by atoms with Gasteiger partial charge in [0.25, 0.3) is 0 Å². The zero-order chi connectivity index (χ0) is 13.0. The largest absolute Gasteiger partial charge is 0.314 e. The molecule has 0 bridgehead atoms. The molecule has 2 rings (SSSR count). The van der Waals surface area contributed by atoms with Crippen molar-refractivity contribution in [1.29, 1.82) is 0 Å². The second kappa shape index (κ2) is 7.16. The lowest BCUT2D eigenvalue weighted by Gasteiger charge is -2.42. The van der Waals surface area contributed by atoms with Gasteiger partial charge in [-0.25, -0.2) is 0 Å². The summed E-state index contributed by atoms with van der Waals surface area (Å²) in [5.74, 6) is 0.813. The van der Waals surface area contributed by atoms with Crippen LogP contribution in [-0.2, 0) is 0 Å². The average molecular weight is 270 g/mol. The molecule has 1 N–H and O–H groups in total. The van der Waals surface area contributed by atoms with Crippen molar-refractivity contribution in [1.82, 2.24) is 10.2 Å². The van der Waals surface area contributed by atoms with E-state index in [2.05, 4.69) is 42.1 Å². The predicted molar refractivity (Wildman–Crippen MR) is 82.4 cm³/mol. The minimum Gasteiger partial charge on any atom is -0.314 e. The van der Waals surface area contributed by atoms with Crippen LogP contribution in [0.25, 0.3) is 0 Å². The smallest absolute Gasteiger partial charge is 0.0214 e. The van der Waals surface area contributed by atoms with Gasteiger partial charge in [0.2, 0.25) is 0 Å². The molecule has 2 nitrogen and oxygen atoms in total. The summed E-state index contributed by atoms with van der Waals surface area (Å²) in [6.07, 6.45) is 9.21. The fourth-order valence-electron chi connectivity index (χ4n) is 3.71. The third kappa shape index (κ3) is 3.43. The molecule has 4 unspecified atom stereocenters. The normalized spacial score (nSPS) is 38.2. The fourth-order valence-corrected chi connectivity index (χ4v) is 4.74. The SMILES string of the molecule is CCCNC1CCN(C2CCCC2SC)CC1C. The molecule has 4 atom stereocenters. The predicted octanol–water partition coefficient (Wildman–Crippen LogP) is 2.98. The molecule has 1 heterocycles. The van der Waals surface area contributed by atoms with Crippen LogP contribution >= 0.6 is 11.8 Å². The van der Waals surface area contributed by atoms with Gasteiger partial charge in [-0.1, -0.05) is 20.3 Å². The lowest BCUT2D eigenvalue weighted by Crippen LogP contribution is -2.52. The van der Waals surface area contributed by atoms with Crippen molar-refractivity contribution in [3.8, 4) is 0 Å². The van der Waals surface area contributed by atoms with E-state index in [1.54, 1.807) is 0 Å². The number of nitrogens with zero attached hydrogens (tertiary/aromatic N) is 1. The maximum absolute atomic E-state index is 3.73. The van der Waals surface area contributed by atoms with Gasteiger partial charge in [0.15, 0.2) is 0 Å². The number of piperidine rings is 1. The number of nitrogens with one attached hydrogen (secondary N) is 1. The summed E-state index contributed by atoms with van der Waals surface area (Å²) in [4.78, 5) is 2.79. The van der Waals surface area contributed by atoms with Gasteiger partial charge in [0.05, 0.1) is 0 Å². The Kier molecular flexibility index (Phi) is 5.84. The zero-order valence-corrected chi connectivity index (χ0v) is 13.1. The Labute approximate surface area is 117 Å². The highest BCUT2D eigenvalue weighted by Crippen LogP contribution is 2.34. The van der Waals surface area contributed by atoms with E-state index < -0.39 is 0 Å². The molecule has 1 saturated heterocycles. The molecule has 0 aromatic rings. The first-order chi connectivity index (χ1) is 8.76. The van der Waals surface area contributed by atoms with E-state index in [9.17, 15) is 0 Å². The van der Waals surface area contributed by atoms with Crippen LogP contribution in [0.4, 0.5) is 0 Å². The third-order valence-electron chi connectivity index (χ3n) is 4.78. The van der Waals surface area contributed by atoms with Crippen LogP contribution in [0.2, 0.25) is 0 Å². The molecule has 0 radical (unpaired) electrons. The molecule has 0 spiro atoms. The zero-order valence-electron chi connectivity index (χ0n) is 12.3. The molecule has 1 aliphatic carbocycles. The summed E-state index contributed by atoms with van der Waals surface area (Å²) < 4.78 is 0. The fraction of sp³-hybridized carbons (Fsp3) is 1.00. The topological polar surface area (TPSA) is 15.3 Å². The highest BCUT2D eigenvalue weighted by molar-refractivity contribution is 7.99. The maximum atomic E-state index is 3.73. The summed E-state index contributed by atoms with van der Waals surface area (Å²) in [6, 6.07) is 1.63. The van der Waals surface area contributed by atoms with Crippen LogP contribution < -0.4 is 5.32 Å². The third-order valence-corrected chi connectivity index (χ3v) is 5.94. The second-order valence-electron chi connectivity index (χ2n) is 6.09. The first-order valence-corrected chi connectivity index (χ1v) is 9.05. The Hall–Kier alpha value is 0.270. The second-order valence-corrected chi connectivity index (χ2v) is 7.17. The molecule has 0 aromatic heterocycles. The Balaban J connectivity index is 1.83. The van der Waals surface area contributed by atoms with Gasteiger partial charge in [-0.2, -0.15) is 11.8 Å². The lowest BCUT2D eigenvalue weighted by molar-refractivity contribution is 0.108. The van der Waals surface area contributed by atoms with Crippen molar-refractivity contribution in [2.75, 3.05) is 25.9 Å². The molecule has 1 saturated carbocycles. The van der Waals surface area contributed by atoms with Crippen molar-refractivity contribution < 1.29 is 0 Å². The van der Waals surface area contributed by atoms with Crippen molar-refractivity contribution >= 4 is 11.8 Å². The number of thioether (sulfide) groups is 1. The van der Waals surface area contributed by atoms with E-state index in [4.69, 9.17) is 0 Å². The minimum absolute atomic E-state index is 0.760. The summed E-state index contributed by atoms with van der Waals surface area (Å²) in [5, 5.41) is 4.63. The van der Waals surface area contributed by atoms with Gasteiger partial charge in [0.1, 0.15) is 0 Å². The van der Waals surface area contributed by atoms with Gasteiger partial charge in [-0.3, -0.25) is 4.90 Å². The molecule has 2 aliphatic rings. The summed E-state index contributed by atoms with van der Waals surface area (Å²) in [7, 11) is 0. The molecule has 1 aliphatic heterocycles. The van der Waals surface area contributed by atoms with Gasteiger partial charge in [0, 0.05) is 23.9 Å². The van der Waals surface area contributed by atoms with E-state index in [1.165, 1.54) is 51.7 Å². The summed E-state index contributed by atoms with van der Waals surface area (Å²) in [5.41, 5.74) is 0.